The van der Waals surface area contributed by atoms with E-state index in [9.17, 15) is 9.59 Å². The molecule has 0 N–H and O–H groups in total. The van der Waals surface area contributed by atoms with Crippen molar-refractivity contribution in [1.82, 2.24) is 9.88 Å². The van der Waals surface area contributed by atoms with Crippen molar-refractivity contribution in [2.24, 2.45) is 17.8 Å². The van der Waals surface area contributed by atoms with Crippen LogP contribution in [-0.4, -0.2) is 55.2 Å². The molecule has 1 unspecified atom stereocenters. The summed E-state index contributed by atoms with van der Waals surface area (Å²) in [6.45, 7) is 4.68. The second-order valence-electron chi connectivity index (χ2n) is 6.93. The average molecular weight is 330 g/mol. The van der Waals surface area contributed by atoms with Crippen LogP contribution in [0, 0.1) is 24.7 Å². The maximum atomic E-state index is 12.7. The number of pyridine rings is 1. The molecule has 1 saturated heterocycles. The zero-order valence-electron chi connectivity index (χ0n) is 14.1. The van der Waals surface area contributed by atoms with Gasteiger partial charge in [-0.3, -0.25) is 9.78 Å². The first-order valence-electron chi connectivity index (χ1n) is 8.54. The van der Waals surface area contributed by atoms with Crippen LogP contribution in [0.5, 0.6) is 0 Å². The summed E-state index contributed by atoms with van der Waals surface area (Å²) in [4.78, 5) is 31.2. The van der Waals surface area contributed by atoms with E-state index >= 15 is 0 Å². The summed E-state index contributed by atoms with van der Waals surface area (Å²) in [5.41, 5.74) is 3.25. The number of carbonyl (C=O) groups is 2. The topological polar surface area (TPSA) is 68.7 Å². The summed E-state index contributed by atoms with van der Waals surface area (Å²) < 4.78 is 10.2. The molecule has 6 nitrogen and oxygen atoms in total. The third-order valence-corrected chi connectivity index (χ3v) is 5.61. The van der Waals surface area contributed by atoms with Crippen LogP contribution in [0.3, 0.4) is 0 Å². The van der Waals surface area contributed by atoms with Crippen LogP contribution in [0.25, 0.3) is 0 Å². The van der Waals surface area contributed by atoms with E-state index in [2.05, 4.69) is 4.98 Å². The summed E-state index contributed by atoms with van der Waals surface area (Å²) in [5.74, 6) is 0.959. The molecule has 1 saturated carbocycles. The summed E-state index contributed by atoms with van der Waals surface area (Å²) in [5, 5.41) is 0. The predicted octanol–water partition coefficient (Wildman–Crippen LogP) is 0.996. The lowest BCUT2D eigenvalue weighted by molar-refractivity contribution is -0.133. The molecule has 3 aliphatic rings. The van der Waals surface area contributed by atoms with E-state index in [0.717, 1.165) is 37.3 Å². The molecule has 4 rings (SSSR count). The van der Waals surface area contributed by atoms with Crippen molar-refractivity contribution in [2.75, 3.05) is 33.4 Å². The fraction of sp³-hybridized carbons (Fsp3) is 0.611. The van der Waals surface area contributed by atoms with Gasteiger partial charge in [-0.05, 0) is 36.8 Å². The van der Waals surface area contributed by atoms with Gasteiger partial charge in [-0.2, -0.15) is 0 Å². The molecule has 1 aliphatic carbocycles. The van der Waals surface area contributed by atoms with Gasteiger partial charge in [0.15, 0.2) is 0 Å². The Bertz CT molecular complexity index is 693. The van der Waals surface area contributed by atoms with Gasteiger partial charge in [0.2, 0.25) is 5.91 Å². The molecule has 0 aromatic carbocycles. The molecule has 1 aromatic heterocycles. The quantitative estimate of drug-likeness (QED) is 0.757. The van der Waals surface area contributed by atoms with Crippen molar-refractivity contribution in [3.8, 4) is 0 Å². The first kappa shape index (κ1) is 15.6. The zero-order chi connectivity index (χ0) is 16.8. The lowest BCUT2D eigenvalue weighted by Gasteiger charge is -2.21. The molecule has 2 fully saturated rings. The molecule has 1 aromatic rings. The van der Waals surface area contributed by atoms with E-state index in [-0.39, 0.29) is 17.8 Å². The van der Waals surface area contributed by atoms with Gasteiger partial charge >= 0.3 is 5.97 Å². The number of rotatable bonds is 2. The Morgan fingerprint density at radius 1 is 1.25 bits per heavy atom. The van der Waals surface area contributed by atoms with Crippen LogP contribution in [0.1, 0.15) is 27.3 Å². The van der Waals surface area contributed by atoms with E-state index in [1.54, 1.807) is 0 Å². The zero-order valence-corrected chi connectivity index (χ0v) is 14.1. The second-order valence-corrected chi connectivity index (χ2v) is 6.93. The second kappa shape index (κ2) is 5.84. The fourth-order valence-corrected chi connectivity index (χ4v) is 4.09. The Morgan fingerprint density at radius 3 is 2.67 bits per heavy atom. The molecule has 2 aliphatic heterocycles. The van der Waals surface area contributed by atoms with Crippen LogP contribution in [0.4, 0.5) is 0 Å². The summed E-state index contributed by atoms with van der Waals surface area (Å²) in [6, 6.07) is 1.89. The maximum Gasteiger partial charge on any atom is 0.339 e. The Balaban J connectivity index is 1.49. The van der Waals surface area contributed by atoms with Gasteiger partial charge in [0.25, 0.3) is 0 Å². The van der Waals surface area contributed by atoms with Crippen molar-refractivity contribution in [3.05, 3.63) is 28.6 Å². The number of esters is 1. The Kier molecular flexibility index (Phi) is 3.79. The Hall–Kier alpha value is -1.95. The number of methoxy groups -OCH3 is 1. The number of nitrogens with zero attached hydrogens (tertiary/aromatic N) is 2. The van der Waals surface area contributed by atoms with Crippen molar-refractivity contribution < 1.29 is 19.1 Å². The number of fused-ring (bicyclic) bond motifs is 2. The van der Waals surface area contributed by atoms with Crippen LogP contribution in [0.15, 0.2) is 6.07 Å². The van der Waals surface area contributed by atoms with E-state index in [0.29, 0.717) is 36.2 Å². The SMILES string of the molecule is COC(=O)c1cc2c(nc1C)CCN(C(=O)C1[C@H]3COC[C@@H]13)CC2. The third-order valence-electron chi connectivity index (χ3n) is 5.61. The van der Waals surface area contributed by atoms with E-state index in [1.807, 2.05) is 17.9 Å². The highest BCUT2D eigenvalue weighted by molar-refractivity contribution is 5.90. The minimum absolute atomic E-state index is 0.167. The number of hydrogen-bond donors (Lipinski definition) is 0. The minimum atomic E-state index is -0.356. The molecule has 6 heteroatoms. The highest BCUT2D eigenvalue weighted by Gasteiger charge is 2.58. The first-order chi connectivity index (χ1) is 11.6. The molecule has 0 bridgehead atoms. The van der Waals surface area contributed by atoms with Gasteiger partial charge in [0, 0.05) is 31.1 Å². The standard InChI is InChI=1S/C18H22N2O4/c1-10-12(18(22)23-2)7-11-3-5-20(6-4-15(11)19-10)17(21)16-13-8-24-9-14(13)16/h7,13-14,16H,3-6,8-9H2,1-2H3/t13-,14+,16?. The van der Waals surface area contributed by atoms with Crippen LogP contribution in [0.2, 0.25) is 0 Å². The highest BCUT2D eigenvalue weighted by Crippen LogP contribution is 2.51. The van der Waals surface area contributed by atoms with Gasteiger partial charge < -0.3 is 14.4 Å². The smallest absolute Gasteiger partial charge is 0.339 e. The molecular formula is C18H22N2O4. The van der Waals surface area contributed by atoms with E-state index in [1.165, 1.54) is 7.11 Å². The van der Waals surface area contributed by atoms with Crippen molar-refractivity contribution >= 4 is 11.9 Å². The normalized spacial score (nSPS) is 27.9. The summed E-state index contributed by atoms with van der Waals surface area (Å²) >= 11 is 0. The maximum absolute atomic E-state index is 12.7. The molecule has 24 heavy (non-hydrogen) atoms. The summed E-state index contributed by atoms with van der Waals surface area (Å²) in [7, 11) is 1.38. The number of hydrogen-bond acceptors (Lipinski definition) is 5. The Morgan fingerprint density at radius 2 is 1.96 bits per heavy atom. The van der Waals surface area contributed by atoms with Gasteiger partial charge in [-0.15, -0.1) is 0 Å². The largest absolute Gasteiger partial charge is 0.465 e. The predicted molar refractivity (Wildman–Crippen MR) is 85.6 cm³/mol. The van der Waals surface area contributed by atoms with Gasteiger partial charge in [0.1, 0.15) is 0 Å². The number of aryl methyl sites for hydroxylation is 1. The Labute approximate surface area is 141 Å². The van der Waals surface area contributed by atoms with E-state index < -0.39 is 0 Å². The number of amides is 1. The molecule has 0 radical (unpaired) electrons. The molecular weight excluding hydrogens is 308 g/mol. The lowest BCUT2D eigenvalue weighted by atomic mass is 10.0. The first-order valence-corrected chi connectivity index (χ1v) is 8.54. The molecule has 3 heterocycles. The molecule has 0 spiro atoms. The molecule has 1 amide bonds. The van der Waals surface area contributed by atoms with Crippen LogP contribution < -0.4 is 0 Å². The van der Waals surface area contributed by atoms with Gasteiger partial charge in [0.05, 0.1) is 31.6 Å². The van der Waals surface area contributed by atoms with E-state index in [4.69, 9.17) is 9.47 Å². The van der Waals surface area contributed by atoms with Crippen LogP contribution >= 0.6 is 0 Å². The third kappa shape index (κ3) is 2.49. The fourth-order valence-electron chi connectivity index (χ4n) is 4.09. The summed E-state index contributed by atoms with van der Waals surface area (Å²) in [6.07, 6.45) is 1.47. The lowest BCUT2D eigenvalue weighted by Crippen LogP contribution is -2.35. The number of carbonyl (C=O) groups excluding carboxylic acids is 2. The highest BCUT2D eigenvalue weighted by atomic mass is 16.5. The van der Waals surface area contributed by atoms with Crippen molar-refractivity contribution in [1.29, 1.82) is 0 Å². The van der Waals surface area contributed by atoms with Gasteiger partial charge in [-0.1, -0.05) is 0 Å². The number of aromatic nitrogens is 1. The van der Waals surface area contributed by atoms with Gasteiger partial charge in [-0.25, -0.2) is 4.79 Å². The molecule has 128 valence electrons. The average Bonchev–Trinajstić information content (AvgIpc) is 3.15. The minimum Gasteiger partial charge on any atom is -0.465 e. The number of ether oxygens (including phenoxy) is 2. The molecule has 3 atom stereocenters. The van der Waals surface area contributed by atoms with Crippen molar-refractivity contribution in [2.45, 2.75) is 19.8 Å². The monoisotopic (exact) mass is 330 g/mol. The van der Waals surface area contributed by atoms with Crippen molar-refractivity contribution in [3.63, 3.8) is 0 Å². The van der Waals surface area contributed by atoms with Crippen LogP contribution in [-0.2, 0) is 27.1 Å².